The SMILES string of the molecule is COc1cc(C(=O)Nc2nnc(CN3C(=O)CCC3=O)o2)cc(OC)c1OC. The molecule has 1 N–H and O–H groups in total. The molecule has 1 aromatic carbocycles. The van der Waals surface area contributed by atoms with Crippen LogP contribution in [0.2, 0.25) is 0 Å². The Morgan fingerprint density at radius 3 is 2.21 bits per heavy atom. The van der Waals surface area contributed by atoms with Gasteiger partial charge in [0, 0.05) is 18.4 Å². The second kappa shape index (κ2) is 7.94. The zero-order valence-corrected chi connectivity index (χ0v) is 15.5. The highest BCUT2D eigenvalue weighted by atomic mass is 16.5. The highest BCUT2D eigenvalue weighted by molar-refractivity contribution is 6.04. The maximum absolute atomic E-state index is 12.5. The lowest BCUT2D eigenvalue weighted by Gasteiger charge is -2.13. The van der Waals surface area contributed by atoms with Crippen LogP contribution in [0.15, 0.2) is 16.5 Å². The zero-order chi connectivity index (χ0) is 20.3. The van der Waals surface area contributed by atoms with Crippen LogP contribution in [0.1, 0.15) is 29.1 Å². The van der Waals surface area contributed by atoms with Gasteiger partial charge in [0.1, 0.15) is 6.54 Å². The van der Waals surface area contributed by atoms with Gasteiger partial charge in [0.2, 0.25) is 23.5 Å². The van der Waals surface area contributed by atoms with Gasteiger partial charge in [-0.1, -0.05) is 5.10 Å². The number of methoxy groups -OCH3 is 3. The third kappa shape index (κ3) is 3.72. The number of amides is 3. The fourth-order valence-electron chi connectivity index (χ4n) is 2.68. The minimum atomic E-state index is -0.553. The quantitative estimate of drug-likeness (QED) is 0.687. The molecule has 0 atom stereocenters. The van der Waals surface area contributed by atoms with Gasteiger partial charge in [0.15, 0.2) is 11.5 Å². The van der Waals surface area contributed by atoms with Gasteiger partial charge in [-0.25, -0.2) is 0 Å². The minimum Gasteiger partial charge on any atom is -0.493 e. The zero-order valence-electron chi connectivity index (χ0n) is 15.5. The molecule has 0 radical (unpaired) electrons. The third-order valence-corrected chi connectivity index (χ3v) is 4.06. The van der Waals surface area contributed by atoms with Gasteiger partial charge in [0.05, 0.1) is 21.3 Å². The van der Waals surface area contributed by atoms with Crippen molar-refractivity contribution in [1.29, 1.82) is 0 Å². The van der Waals surface area contributed by atoms with Gasteiger partial charge in [-0.3, -0.25) is 24.6 Å². The standard InChI is InChI=1S/C17H18N4O7/c1-25-10-6-9(7-11(26-2)15(10)27-3)16(24)18-17-20-19-12(28-17)8-21-13(22)4-5-14(21)23/h6-7H,4-5,8H2,1-3H3,(H,18,20,24). The van der Waals surface area contributed by atoms with Crippen LogP contribution in [0.3, 0.4) is 0 Å². The molecule has 1 aliphatic heterocycles. The summed E-state index contributed by atoms with van der Waals surface area (Å²) in [4.78, 5) is 36.8. The van der Waals surface area contributed by atoms with Crippen molar-refractivity contribution in [3.63, 3.8) is 0 Å². The number of nitrogens with zero attached hydrogens (tertiary/aromatic N) is 3. The molecule has 11 nitrogen and oxygen atoms in total. The van der Waals surface area contributed by atoms with E-state index in [-0.39, 0.29) is 48.7 Å². The van der Waals surface area contributed by atoms with Crippen LogP contribution in [0.4, 0.5) is 6.01 Å². The van der Waals surface area contributed by atoms with Gasteiger partial charge in [-0.2, -0.15) is 0 Å². The summed E-state index contributed by atoms with van der Waals surface area (Å²) in [7, 11) is 4.32. The molecule has 1 fully saturated rings. The van der Waals surface area contributed by atoms with Crippen LogP contribution in [-0.2, 0) is 16.1 Å². The molecule has 0 aliphatic carbocycles. The largest absolute Gasteiger partial charge is 0.493 e. The Kier molecular flexibility index (Phi) is 5.43. The monoisotopic (exact) mass is 390 g/mol. The summed E-state index contributed by atoms with van der Waals surface area (Å²) in [6, 6.07) is 2.76. The van der Waals surface area contributed by atoms with Crippen LogP contribution < -0.4 is 19.5 Å². The van der Waals surface area contributed by atoms with Crippen molar-refractivity contribution in [3.8, 4) is 17.2 Å². The molecule has 0 spiro atoms. The predicted molar refractivity (Wildman–Crippen MR) is 93.1 cm³/mol. The van der Waals surface area contributed by atoms with Crippen LogP contribution in [0.5, 0.6) is 17.2 Å². The highest BCUT2D eigenvalue weighted by Crippen LogP contribution is 2.38. The topological polar surface area (TPSA) is 133 Å². The van der Waals surface area contributed by atoms with Gasteiger partial charge in [-0.15, -0.1) is 5.10 Å². The van der Waals surface area contributed by atoms with Gasteiger partial charge < -0.3 is 18.6 Å². The molecule has 28 heavy (non-hydrogen) atoms. The Balaban J connectivity index is 1.74. The number of hydrogen-bond acceptors (Lipinski definition) is 9. The first-order valence-electron chi connectivity index (χ1n) is 8.23. The van der Waals surface area contributed by atoms with Gasteiger partial charge in [-0.05, 0) is 12.1 Å². The molecule has 11 heteroatoms. The molecule has 0 saturated carbocycles. The van der Waals surface area contributed by atoms with Crippen LogP contribution in [-0.4, -0.2) is 54.1 Å². The van der Waals surface area contributed by atoms with E-state index in [0.717, 1.165) is 4.90 Å². The van der Waals surface area contributed by atoms with E-state index in [1.54, 1.807) is 0 Å². The molecule has 1 saturated heterocycles. The van der Waals surface area contributed by atoms with E-state index in [1.165, 1.54) is 33.5 Å². The number of carbonyl (C=O) groups is 3. The molecule has 1 aromatic heterocycles. The van der Waals surface area contributed by atoms with Crippen molar-refractivity contribution in [1.82, 2.24) is 15.1 Å². The number of likely N-dealkylation sites (tertiary alicyclic amines) is 1. The molecule has 2 heterocycles. The Morgan fingerprint density at radius 1 is 1.07 bits per heavy atom. The molecular weight excluding hydrogens is 372 g/mol. The summed E-state index contributed by atoms with van der Waals surface area (Å²) in [6.45, 7) is -0.134. The van der Waals surface area contributed by atoms with E-state index >= 15 is 0 Å². The Morgan fingerprint density at radius 2 is 1.68 bits per heavy atom. The number of ether oxygens (including phenoxy) is 3. The fraction of sp³-hybridized carbons (Fsp3) is 0.353. The summed E-state index contributed by atoms with van der Waals surface area (Å²) in [5, 5.41) is 9.90. The van der Waals surface area contributed by atoms with E-state index in [9.17, 15) is 14.4 Å². The smallest absolute Gasteiger partial charge is 0.322 e. The van der Waals surface area contributed by atoms with E-state index in [4.69, 9.17) is 18.6 Å². The van der Waals surface area contributed by atoms with Crippen molar-refractivity contribution < 1.29 is 33.0 Å². The number of imide groups is 1. The summed E-state index contributed by atoms with van der Waals surface area (Å²) in [5.74, 6) is -0.154. The van der Waals surface area contributed by atoms with Crippen molar-refractivity contribution in [2.45, 2.75) is 19.4 Å². The molecule has 3 rings (SSSR count). The molecule has 1 aliphatic rings. The number of aromatic nitrogens is 2. The first kappa shape index (κ1) is 19.1. The lowest BCUT2D eigenvalue weighted by Crippen LogP contribution is -2.28. The first-order chi connectivity index (χ1) is 13.5. The first-order valence-corrected chi connectivity index (χ1v) is 8.23. The lowest BCUT2D eigenvalue weighted by molar-refractivity contribution is -0.139. The number of carbonyl (C=O) groups excluding carboxylic acids is 3. The van der Waals surface area contributed by atoms with Crippen molar-refractivity contribution in [3.05, 3.63) is 23.6 Å². The third-order valence-electron chi connectivity index (χ3n) is 4.06. The Hall–Kier alpha value is -3.63. The van der Waals surface area contributed by atoms with Crippen LogP contribution in [0.25, 0.3) is 0 Å². The molecule has 3 amide bonds. The van der Waals surface area contributed by atoms with Crippen molar-refractivity contribution in [2.24, 2.45) is 0 Å². The number of rotatable bonds is 7. The van der Waals surface area contributed by atoms with Crippen LogP contribution >= 0.6 is 0 Å². The van der Waals surface area contributed by atoms with Crippen LogP contribution in [0, 0.1) is 0 Å². The summed E-state index contributed by atoms with van der Waals surface area (Å²) < 4.78 is 20.9. The van der Waals surface area contributed by atoms with Crippen molar-refractivity contribution >= 4 is 23.7 Å². The second-order valence-corrected chi connectivity index (χ2v) is 5.74. The molecule has 0 bridgehead atoms. The van der Waals surface area contributed by atoms with E-state index in [1.807, 2.05) is 0 Å². The summed E-state index contributed by atoms with van der Waals surface area (Å²) >= 11 is 0. The minimum absolute atomic E-state index is 0.0313. The average molecular weight is 390 g/mol. The van der Waals surface area contributed by atoms with E-state index < -0.39 is 5.91 Å². The second-order valence-electron chi connectivity index (χ2n) is 5.74. The number of hydrogen-bond donors (Lipinski definition) is 1. The van der Waals surface area contributed by atoms with E-state index in [2.05, 4.69) is 15.5 Å². The maximum Gasteiger partial charge on any atom is 0.322 e. The maximum atomic E-state index is 12.5. The molecule has 148 valence electrons. The normalized spacial score (nSPS) is 13.6. The van der Waals surface area contributed by atoms with Gasteiger partial charge in [0.25, 0.3) is 5.91 Å². The van der Waals surface area contributed by atoms with E-state index in [0.29, 0.717) is 17.2 Å². The molecular formula is C17H18N4O7. The summed E-state index contributed by atoms with van der Waals surface area (Å²) in [5.41, 5.74) is 0.208. The van der Waals surface area contributed by atoms with Crippen molar-refractivity contribution in [2.75, 3.05) is 26.6 Å². The predicted octanol–water partition coefficient (Wildman–Crippen LogP) is 0.997. The Bertz CT molecular complexity index is 883. The fourth-order valence-corrected chi connectivity index (χ4v) is 2.68. The number of benzene rings is 1. The number of anilines is 1. The van der Waals surface area contributed by atoms with Gasteiger partial charge >= 0.3 is 6.01 Å². The summed E-state index contributed by atoms with van der Waals surface area (Å²) in [6.07, 6.45) is 0.329. The molecule has 2 aromatic rings. The average Bonchev–Trinajstić information content (AvgIpc) is 3.27. The molecule has 0 unspecified atom stereocenters. The Labute approximate surface area is 159 Å². The lowest BCUT2D eigenvalue weighted by atomic mass is 10.1. The highest BCUT2D eigenvalue weighted by Gasteiger charge is 2.30. The number of nitrogens with one attached hydrogen (secondary N) is 1.